The molecular formula is C7H7BrN2O2. The van der Waals surface area contributed by atoms with Gasteiger partial charge in [0, 0.05) is 23.2 Å². The van der Waals surface area contributed by atoms with Gasteiger partial charge in [-0.2, -0.15) is 0 Å². The molecule has 0 saturated carbocycles. The van der Waals surface area contributed by atoms with Crippen LogP contribution in [-0.2, 0) is 5.33 Å². The predicted octanol–water partition coefficient (Wildman–Crippen LogP) is 2.07. The fraction of sp³-hybridized carbons (Fsp3) is 0.143. The van der Waals surface area contributed by atoms with Crippen LogP contribution >= 0.6 is 15.9 Å². The number of anilines is 1. The largest absolute Gasteiger partial charge is 0.398 e. The van der Waals surface area contributed by atoms with Gasteiger partial charge in [-0.1, -0.05) is 15.9 Å². The third kappa shape index (κ3) is 1.73. The molecule has 1 rings (SSSR count). The number of nitrogen functional groups attached to an aromatic ring is 1. The zero-order valence-electron chi connectivity index (χ0n) is 6.16. The summed E-state index contributed by atoms with van der Waals surface area (Å²) in [5.41, 5.74) is 6.92. The van der Waals surface area contributed by atoms with E-state index in [1.807, 2.05) is 0 Å². The Morgan fingerprint density at radius 1 is 1.58 bits per heavy atom. The van der Waals surface area contributed by atoms with Crippen LogP contribution in [0.2, 0.25) is 0 Å². The molecule has 0 aromatic heterocycles. The third-order valence-corrected chi connectivity index (χ3v) is 2.09. The van der Waals surface area contributed by atoms with Crippen molar-refractivity contribution in [2.75, 3.05) is 5.73 Å². The van der Waals surface area contributed by atoms with Crippen LogP contribution in [0.1, 0.15) is 5.56 Å². The molecule has 5 heteroatoms. The Morgan fingerprint density at radius 3 is 2.75 bits per heavy atom. The molecule has 0 aliphatic carbocycles. The molecule has 0 aliphatic rings. The van der Waals surface area contributed by atoms with Crippen molar-refractivity contribution < 1.29 is 4.92 Å². The number of nitro groups is 1. The van der Waals surface area contributed by atoms with Gasteiger partial charge in [-0.15, -0.1) is 0 Å². The normalized spacial score (nSPS) is 9.75. The average Bonchev–Trinajstić information content (AvgIpc) is 2.05. The zero-order valence-corrected chi connectivity index (χ0v) is 7.74. The zero-order chi connectivity index (χ0) is 9.14. The molecule has 0 saturated heterocycles. The number of benzene rings is 1. The highest BCUT2D eigenvalue weighted by molar-refractivity contribution is 9.08. The molecule has 0 unspecified atom stereocenters. The van der Waals surface area contributed by atoms with Crippen LogP contribution in [0.3, 0.4) is 0 Å². The topological polar surface area (TPSA) is 69.2 Å². The van der Waals surface area contributed by atoms with Gasteiger partial charge in [0.05, 0.1) is 4.92 Å². The minimum atomic E-state index is -0.439. The molecule has 0 radical (unpaired) electrons. The van der Waals surface area contributed by atoms with E-state index in [0.717, 1.165) is 5.56 Å². The van der Waals surface area contributed by atoms with Crippen molar-refractivity contribution in [1.29, 1.82) is 0 Å². The number of rotatable bonds is 2. The Balaban J connectivity index is 3.13. The first-order valence-corrected chi connectivity index (χ1v) is 4.36. The Labute approximate surface area is 77.7 Å². The van der Waals surface area contributed by atoms with Crippen LogP contribution in [0.25, 0.3) is 0 Å². The molecule has 0 atom stereocenters. The van der Waals surface area contributed by atoms with Crippen molar-refractivity contribution in [3.05, 3.63) is 33.9 Å². The Kier molecular flexibility index (Phi) is 2.65. The number of alkyl halides is 1. The molecule has 0 bridgehead atoms. The van der Waals surface area contributed by atoms with E-state index in [2.05, 4.69) is 15.9 Å². The van der Waals surface area contributed by atoms with Gasteiger partial charge < -0.3 is 5.73 Å². The number of hydrogen-bond acceptors (Lipinski definition) is 3. The minimum absolute atomic E-state index is 0.0682. The van der Waals surface area contributed by atoms with E-state index < -0.39 is 4.92 Å². The van der Waals surface area contributed by atoms with Crippen molar-refractivity contribution in [3.8, 4) is 0 Å². The van der Waals surface area contributed by atoms with Crippen LogP contribution in [0, 0.1) is 10.1 Å². The van der Waals surface area contributed by atoms with Gasteiger partial charge in [-0.25, -0.2) is 0 Å². The second kappa shape index (κ2) is 3.53. The summed E-state index contributed by atoms with van der Waals surface area (Å²) < 4.78 is 0. The van der Waals surface area contributed by atoms with Crippen molar-refractivity contribution in [1.82, 2.24) is 0 Å². The molecule has 0 fully saturated rings. The van der Waals surface area contributed by atoms with Crippen LogP contribution in [-0.4, -0.2) is 4.92 Å². The lowest BCUT2D eigenvalue weighted by Gasteiger charge is -1.99. The molecule has 0 aliphatic heterocycles. The maximum atomic E-state index is 10.3. The smallest absolute Gasteiger partial charge is 0.269 e. The van der Waals surface area contributed by atoms with Gasteiger partial charge >= 0.3 is 0 Å². The number of hydrogen-bond donors (Lipinski definition) is 1. The van der Waals surface area contributed by atoms with Gasteiger partial charge in [0.25, 0.3) is 5.69 Å². The highest BCUT2D eigenvalue weighted by Crippen LogP contribution is 2.21. The summed E-state index contributed by atoms with van der Waals surface area (Å²) in [6, 6.07) is 4.39. The predicted molar refractivity (Wildman–Crippen MR) is 50.1 cm³/mol. The monoisotopic (exact) mass is 230 g/mol. The van der Waals surface area contributed by atoms with Gasteiger partial charge in [-0.05, 0) is 11.6 Å². The fourth-order valence-electron chi connectivity index (χ4n) is 0.821. The lowest BCUT2D eigenvalue weighted by Crippen LogP contribution is -1.94. The summed E-state index contributed by atoms with van der Waals surface area (Å²) in [7, 11) is 0. The molecule has 2 N–H and O–H groups in total. The maximum absolute atomic E-state index is 10.3. The average molecular weight is 231 g/mol. The lowest BCUT2D eigenvalue weighted by molar-refractivity contribution is -0.384. The van der Waals surface area contributed by atoms with E-state index in [4.69, 9.17) is 5.73 Å². The molecule has 0 spiro atoms. The minimum Gasteiger partial charge on any atom is -0.398 e. The standard InChI is InChI=1S/C7H7BrN2O2/c8-4-5-3-6(10(11)12)1-2-7(5)9/h1-3H,4,9H2. The van der Waals surface area contributed by atoms with Crippen LogP contribution < -0.4 is 5.73 Å². The number of halogens is 1. The molecule has 0 amide bonds. The van der Waals surface area contributed by atoms with Crippen LogP contribution in [0.15, 0.2) is 18.2 Å². The molecule has 1 aromatic carbocycles. The van der Waals surface area contributed by atoms with Crippen molar-refractivity contribution in [2.45, 2.75) is 5.33 Å². The molecule has 0 heterocycles. The number of nitrogens with zero attached hydrogens (tertiary/aromatic N) is 1. The summed E-state index contributed by atoms with van der Waals surface area (Å²) in [5, 5.41) is 10.9. The highest BCUT2D eigenvalue weighted by Gasteiger charge is 2.07. The number of nitro benzene ring substituents is 1. The van der Waals surface area contributed by atoms with E-state index in [9.17, 15) is 10.1 Å². The second-order valence-electron chi connectivity index (χ2n) is 2.27. The van der Waals surface area contributed by atoms with E-state index in [1.54, 1.807) is 0 Å². The number of nitrogens with two attached hydrogens (primary N) is 1. The Bertz CT molecular complexity index is 314. The van der Waals surface area contributed by atoms with Gasteiger partial charge in [0.1, 0.15) is 0 Å². The Hall–Kier alpha value is -1.10. The van der Waals surface area contributed by atoms with Crippen LogP contribution in [0.4, 0.5) is 11.4 Å². The first-order valence-electron chi connectivity index (χ1n) is 3.24. The number of non-ortho nitro benzene ring substituents is 1. The van der Waals surface area contributed by atoms with Crippen molar-refractivity contribution in [2.24, 2.45) is 0 Å². The SMILES string of the molecule is Nc1ccc([N+](=O)[O-])cc1CBr. The maximum Gasteiger partial charge on any atom is 0.269 e. The highest BCUT2D eigenvalue weighted by atomic mass is 79.9. The van der Waals surface area contributed by atoms with Gasteiger partial charge in [0.15, 0.2) is 0 Å². The second-order valence-corrected chi connectivity index (χ2v) is 2.83. The quantitative estimate of drug-likeness (QED) is 0.366. The fourth-order valence-corrected chi connectivity index (χ4v) is 1.31. The first-order chi connectivity index (χ1) is 5.65. The van der Waals surface area contributed by atoms with Gasteiger partial charge in [-0.3, -0.25) is 10.1 Å². The van der Waals surface area contributed by atoms with Crippen LogP contribution in [0.5, 0.6) is 0 Å². The third-order valence-electron chi connectivity index (χ3n) is 1.48. The lowest BCUT2D eigenvalue weighted by atomic mass is 10.2. The van der Waals surface area contributed by atoms with E-state index in [-0.39, 0.29) is 5.69 Å². The summed E-state index contributed by atoms with van der Waals surface area (Å²) in [5.74, 6) is 0. The summed E-state index contributed by atoms with van der Waals surface area (Å²) in [6.07, 6.45) is 0. The van der Waals surface area contributed by atoms with Crippen molar-refractivity contribution >= 4 is 27.3 Å². The van der Waals surface area contributed by atoms with Crippen molar-refractivity contribution in [3.63, 3.8) is 0 Å². The molecular weight excluding hydrogens is 224 g/mol. The molecule has 64 valence electrons. The van der Waals surface area contributed by atoms with E-state index >= 15 is 0 Å². The van der Waals surface area contributed by atoms with E-state index in [0.29, 0.717) is 11.0 Å². The summed E-state index contributed by atoms with van der Waals surface area (Å²) in [6.45, 7) is 0. The van der Waals surface area contributed by atoms with E-state index in [1.165, 1.54) is 18.2 Å². The molecule has 12 heavy (non-hydrogen) atoms. The summed E-state index contributed by atoms with van der Waals surface area (Å²) in [4.78, 5) is 9.89. The molecule has 4 nitrogen and oxygen atoms in total. The van der Waals surface area contributed by atoms with Gasteiger partial charge in [0.2, 0.25) is 0 Å². The molecule has 1 aromatic rings. The first kappa shape index (κ1) is 8.99. The Morgan fingerprint density at radius 2 is 2.25 bits per heavy atom. The summed E-state index contributed by atoms with van der Waals surface area (Å²) >= 11 is 3.19.